The first-order valence-electron chi connectivity index (χ1n) is 6.14. The van der Waals surface area contributed by atoms with Crippen molar-refractivity contribution in [2.75, 3.05) is 0 Å². The minimum Gasteiger partial charge on any atom is -0.300 e. The van der Waals surface area contributed by atoms with Gasteiger partial charge in [0.2, 0.25) is 0 Å². The summed E-state index contributed by atoms with van der Waals surface area (Å²) in [5.74, 6) is 0.507. The molecule has 3 aliphatic rings. The maximum absolute atomic E-state index is 11.4. The standard InChI is InChI=1S/C12H19NO/c14-12-3-1-2-11(8-12)13-9-4-5-10(13)7-6-9/h9-11H,1-8H2. The molecule has 0 aromatic carbocycles. The lowest BCUT2D eigenvalue weighted by Gasteiger charge is -2.34. The lowest BCUT2D eigenvalue weighted by Crippen LogP contribution is -2.42. The number of rotatable bonds is 1. The van der Waals surface area contributed by atoms with Gasteiger partial charge in [0.05, 0.1) is 0 Å². The Morgan fingerprint density at radius 2 is 1.57 bits per heavy atom. The van der Waals surface area contributed by atoms with E-state index in [2.05, 4.69) is 4.90 Å². The number of nitrogens with zero attached hydrogens (tertiary/aromatic N) is 1. The molecule has 3 fully saturated rings. The van der Waals surface area contributed by atoms with E-state index in [1.165, 1.54) is 32.1 Å². The highest BCUT2D eigenvalue weighted by molar-refractivity contribution is 5.79. The summed E-state index contributed by atoms with van der Waals surface area (Å²) < 4.78 is 0. The third kappa shape index (κ3) is 1.31. The molecule has 0 aromatic heterocycles. The first-order valence-corrected chi connectivity index (χ1v) is 6.14. The summed E-state index contributed by atoms with van der Waals surface area (Å²) in [6, 6.07) is 2.31. The van der Waals surface area contributed by atoms with Gasteiger partial charge in [-0.25, -0.2) is 0 Å². The fraction of sp³-hybridized carbons (Fsp3) is 0.917. The summed E-state index contributed by atoms with van der Waals surface area (Å²) in [6.07, 6.45) is 9.71. The summed E-state index contributed by atoms with van der Waals surface area (Å²) in [4.78, 5) is 14.1. The van der Waals surface area contributed by atoms with Crippen molar-refractivity contribution in [1.29, 1.82) is 0 Å². The zero-order chi connectivity index (χ0) is 9.54. The molecule has 2 heteroatoms. The third-order valence-electron chi connectivity index (χ3n) is 4.39. The molecule has 2 saturated heterocycles. The molecular formula is C12H19NO. The summed E-state index contributed by atoms with van der Waals surface area (Å²) in [6.45, 7) is 0. The topological polar surface area (TPSA) is 20.3 Å². The van der Waals surface area contributed by atoms with Crippen LogP contribution in [0.4, 0.5) is 0 Å². The van der Waals surface area contributed by atoms with Gasteiger partial charge in [-0.2, -0.15) is 0 Å². The van der Waals surface area contributed by atoms with Crippen molar-refractivity contribution in [3.8, 4) is 0 Å². The van der Waals surface area contributed by atoms with Gasteiger partial charge in [0.25, 0.3) is 0 Å². The monoisotopic (exact) mass is 193 g/mol. The van der Waals surface area contributed by atoms with E-state index in [9.17, 15) is 4.79 Å². The van der Waals surface area contributed by atoms with Crippen LogP contribution >= 0.6 is 0 Å². The number of Topliss-reactive ketones (excluding diaryl/α,β-unsaturated/α-hetero) is 1. The van der Waals surface area contributed by atoms with Gasteiger partial charge < -0.3 is 0 Å². The molecule has 1 saturated carbocycles. The minimum atomic E-state index is 0.507. The summed E-state index contributed by atoms with van der Waals surface area (Å²) in [7, 11) is 0. The Labute approximate surface area is 85.7 Å². The van der Waals surface area contributed by atoms with Crippen LogP contribution in [0, 0.1) is 0 Å². The Balaban J connectivity index is 1.72. The Bertz CT molecular complexity index is 231. The van der Waals surface area contributed by atoms with Gasteiger partial charge in [0.1, 0.15) is 5.78 Å². The number of ketones is 1. The number of hydrogen-bond donors (Lipinski definition) is 0. The number of carbonyl (C=O) groups excluding carboxylic acids is 1. The van der Waals surface area contributed by atoms with Crippen molar-refractivity contribution in [2.24, 2.45) is 0 Å². The van der Waals surface area contributed by atoms with E-state index in [0.29, 0.717) is 11.8 Å². The normalized spacial score (nSPS) is 43.4. The molecule has 2 aliphatic heterocycles. The van der Waals surface area contributed by atoms with Gasteiger partial charge in [-0.3, -0.25) is 9.69 Å². The zero-order valence-corrected chi connectivity index (χ0v) is 8.74. The second-order valence-corrected chi connectivity index (χ2v) is 5.20. The van der Waals surface area contributed by atoms with Crippen molar-refractivity contribution in [3.63, 3.8) is 0 Å². The lowest BCUT2D eigenvalue weighted by molar-refractivity contribution is -0.122. The summed E-state index contributed by atoms with van der Waals surface area (Å²) in [5, 5.41) is 0. The van der Waals surface area contributed by atoms with E-state index in [-0.39, 0.29) is 0 Å². The fourth-order valence-electron chi connectivity index (χ4n) is 3.81. The van der Waals surface area contributed by atoms with E-state index < -0.39 is 0 Å². The van der Waals surface area contributed by atoms with E-state index >= 15 is 0 Å². The maximum Gasteiger partial charge on any atom is 0.134 e. The highest BCUT2D eigenvalue weighted by atomic mass is 16.1. The Morgan fingerprint density at radius 1 is 0.929 bits per heavy atom. The van der Waals surface area contributed by atoms with Crippen LogP contribution in [0.3, 0.4) is 0 Å². The predicted molar refractivity (Wildman–Crippen MR) is 55.1 cm³/mol. The maximum atomic E-state index is 11.4. The first-order chi connectivity index (χ1) is 6.84. The van der Waals surface area contributed by atoms with Gasteiger partial charge in [-0.1, -0.05) is 0 Å². The van der Waals surface area contributed by atoms with E-state index in [0.717, 1.165) is 31.3 Å². The average Bonchev–Trinajstić information content (AvgIpc) is 2.76. The zero-order valence-electron chi connectivity index (χ0n) is 8.74. The Morgan fingerprint density at radius 3 is 2.14 bits per heavy atom. The van der Waals surface area contributed by atoms with Gasteiger partial charge in [-0.15, -0.1) is 0 Å². The van der Waals surface area contributed by atoms with Crippen LogP contribution in [0.15, 0.2) is 0 Å². The highest BCUT2D eigenvalue weighted by Crippen LogP contribution is 2.41. The quantitative estimate of drug-likeness (QED) is 0.636. The van der Waals surface area contributed by atoms with Crippen LogP contribution in [-0.4, -0.2) is 28.8 Å². The van der Waals surface area contributed by atoms with Crippen LogP contribution in [0.2, 0.25) is 0 Å². The van der Waals surface area contributed by atoms with Crippen LogP contribution in [-0.2, 0) is 4.79 Å². The van der Waals surface area contributed by atoms with Crippen molar-refractivity contribution < 1.29 is 4.79 Å². The van der Waals surface area contributed by atoms with Gasteiger partial charge in [0.15, 0.2) is 0 Å². The minimum absolute atomic E-state index is 0.507. The van der Waals surface area contributed by atoms with Crippen molar-refractivity contribution in [2.45, 2.75) is 69.5 Å². The molecule has 3 rings (SSSR count). The van der Waals surface area contributed by atoms with Crippen molar-refractivity contribution in [1.82, 2.24) is 4.90 Å². The molecule has 1 unspecified atom stereocenters. The largest absolute Gasteiger partial charge is 0.300 e. The summed E-state index contributed by atoms with van der Waals surface area (Å²) >= 11 is 0. The molecule has 0 spiro atoms. The molecular weight excluding hydrogens is 174 g/mol. The molecule has 0 N–H and O–H groups in total. The molecule has 0 aromatic rings. The molecule has 0 amide bonds. The van der Waals surface area contributed by atoms with E-state index in [4.69, 9.17) is 0 Å². The summed E-state index contributed by atoms with van der Waals surface area (Å²) in [5.41, 5.74) is 0. The van der Waals surface area contributed by atoms with E-state index in [1.807, 2.05) is 0 Å². The van der Waals surface area contributed by atoms with Gasteiger partial charge in [-0.05, 0) is 38.5 Å². The molecule has 78 valence electrons. The second kappa shape index (κ2) is 3.34. The highest BCUT2D eigenvalue weighted by Gasteiger charge is 2.43. The number of hydrogen-bond acceptors (Lipinski definition) is 2. The Hall–Kier alpha value is -0.370. The van der Waals surface area contributed by atoms with E-state index in [1.54, 1.807) is 0 Å². The Kier molecular flexibility index (Phi) is 2.12. The molecule has 1 atom stereocenters. The van der Waals surface area contributed by atoms with Crippen molar-refractivity contribution in [3.05, 3.63) is 0 Å². The lowest BCUT2D eigenvalue weighted by atomic mass is 9.93. The average molecular weight is 193 g/mol. The molecule has 2 nitrogen and oxygen atoms in total. The molecule has 2 bridgehead atoms. The van der Waals surface area contributed by atoms with Crippen LogP contribution < -0.4 is 0 Å². The number of fused-ring (bicyclic) bond motifs is 2. The second-order valence-electron chi connectivity index (χ2n) is 5.20. The van der Waals surface area contributed by atoms with Crippen LogP contribution in [0.5, 0.6) is 0 Å². The smallest absolute Gasteiger partial charge is 0.134 e. The van der Waals surface area contributed by atoms with Gasteiger partial charge >= 0.3 is 0 Å². The van der Waals surface area contributed by atoms with Crippen LogP contribution in [0.1, 0.15) is 51.4 Å². The molecule has 2 heterocycles. The SMILES string of the molecule is O=C1CCCC(N2C3CCC2CC3)C1. The fourth-order valence-corrected chi connectivity index (χ4v) is 3.81. The first kappa shape index (κ1) is 8.90. The number of carbonyl (C=O) groups is 1. The third-order valence-corrected chi connectivity index (χ3v) is 4.39. The van der Waals surface area contributed by atoms with Crippen molar-refractivity contribution >= 4 is 5.78 Å². The van der Waals surface area contributed by atoms with Crippen LogP contribution in [0.25, 0.3) is 0 Å². The molecule has 14 heavy (non-hydrogen) atoms. The molecule has 1 aliphatic carbocycles. The van der Waals surface area contributed by atoms with Gasteiger partial charge in [0, 0.05) is 31.0 Å². The predicted octanol–water partition coefficient (Wildman–Crippen LogP) is 2.12. The molecule has 0 radical (unpaired) electrons.